The van der Waals surface area contributed by atoms with Gasteiger partial charge in [-0.1, -0.05) is 36.7 Å². The summed E-state index contributed by atoms with van der Waals surface area (Å²) in [6.45, 7) is 4.07. The number of hydrogen-bond donors (Lipinski definition) is 1. The lowest BCUT2D eigenvalue weighted by Crippen LogP contribution is -2.23. The number of nitrogens with zero attached hydrogens (tertiary/aromatic N) is 4. The molecule has 0 bridgehead atoms. The lowest BCUT2D eigenvalue weighted by Gasteiger charge is -2.31. The smallest absolute Gasteiger partial charge is 0.236 e. The van der Waals surface area contributed by atoms with Crippen LogP contribution in [-0.2, 0) is 4.79 Å². The van der Waals surface area contributed by atoms with Crippen LogP contribution in [-0.4, -0.2) is 38.7 Å². The Balaban J connectivity index is 1.57. The van der Waals surface area contributed by atoms with Gasteiger partial charge in [0.15, 0.2) is 16.8 Å². The van der Waals surface area contributed by atoms with E-state index in [9.17, 15) is 4.79 Å². The molecule has 4 rings (SSSR count). The van der Waals surface area contributed by atoms with Crippen LogP contribution in [0.3, 0.4) is 0 Å². The maximum Gasteiger partial charge on any atom is 0.236 e. The van der Waals surface area contributed by atoms with Gasteiger partial charge < -0.3 is 14.6 Å². The lowest BCUT2D eigenvalue weighted by atomic mass is 9.85. The van der Waals surface area contributed by atoms with Crippen molar-refractivity contribution in [3.05, 3.63) is 36.1 Å². The minimum absolute atomic E-state index is 0.157. The first-order valence-corrected chi connectivity index (χ1v) is 11.5. The van der Waals surface area contributed by atoms with E-state index in [1.807, 2.05) is 24.3 Å². The highest BCUT2D eigenvalue weighted by molar-refractivity contribution is 7.99. The number of benzene rings is 1. The quantitative estimate of drug-likeness (QED) is 0.530. The number of hydrogen-bond acceptors (Lipinski definition) is 7. The van der Waals surface area contributed by atoms with E-state index in [1.165, 1.54) is 31.0 Å². The summed E-state index contributed by atoms with van der Waals surface area (Å²) in [7, 11) is 1.65. The van der Waals surface area contributed by atoms with Gasteiger partial charge in [-0.15, -0.1) is 10.2 Å². The van der Waals surface area contributed by atoms with Crippen LogP contribution in [0.4, 0.5) is 5.82 Å². The first-order valence-electron chi connectivity index (χ1n) is 10.5. The zero-order chi connectivity index (χ0) is 21.8. The highest BCUT2D eigenvalue weighted by Crippen LogP contribution is 2.39. The summed E-state index contributed by atoms with van der Waals surface area (Å²) in [6, 6.07) is 9.86. The maximum absolute atomic E-state index is 12.4. The van der Waals surface area contributed by atoms with Crippen molar-refractivity contribution in [3.8, 4) is 17.1 Å². The van der Waals surface area contributed by atoms with E-state index in [4.69, 9.17) is 9.26 Å². The van der Waals surface area contributed by atoms with E-state index in [0.29, 0.717) is 23.5 Å². The fraction of sp³-hybridized carbons (Fsp3) is 0.455. The van der Waals surface area contributed by atoms with E-state index in [-0.39, 0.29) is 11.7 Å². The van der Waals surface area contributed by atoms with Crippen molar-refractivity contribution in [1.82, 2.24) is 19.9 Å². The largest absolute Gasteiger partial charge is 0.497 e. The SMILES string of the molecule is COc1ccc(-c2nnc(SCC(=O)Nc3cc(C)on3)n2[C@@H]2CCCC[C@H]2C)cc1. The van der Waals surface area contributed by atoms with E-state index >= 15 is 0 Å². The first-order chi connectivity index (χ1) is 15.0. The topological polar surface area (TPSA) is 95.1 Å². The Morgan fingerprint density at radius 1 is 1.26 bits per heavy atom. The van der Waals surface area contributed by atoms with Crippen LogP contribution in [0.25, 0.3) is 11.4 Å². The lowest BCUT2D eigenvalue weighted by molar-refractivity contribution is -0.113. The third kappa shape index (κ3) is 4.92. The third-order valence-electron chi connectivity index (χ3n) is 5.64. The van der Waals surface area contributed by atoms with Crippen LogP contribution in [0.5, 0.6) is 5.75 Å². The molecule has 2 atom stereocenters. The van der Waals surface area contributed by atoms with Crippen molar-refractivity contribution in [1.29, 1.82) is 0 Å². The van der Waals surface area contributed by atoms with Crippen LogP contribution >= 0.6 is 11.8 Å². The summed E-state index contributed by atoms with van der Waals surface area (Å²) in [5.74, 6) is 3.28. The molecule has 9 heteroatoms. The van der Waals surface area contributed by atoms with Crippen LogP contribution in [0.1, 0.15) is 44.4 Å². The van der Waals surface area contributed by atoms with E-state index in [1.54, 1.807) is 20.1 Å². The third-order valence-corrected chi connectivity index (χ3v) is 6.58. The van der Waals surface area contributed by atoms with Gasteiger partial charge in [0.05, 0.1) is 12.9 Å². The fourth-order valence-corrected chi connectivity index (χ4v) is 4.82. The molecule has 2 aromatic heterocycles. The van der Waals surface area contributed by atoms with Crippen molar-refractivity contribution in [3.63, 3.8) is 0 Å². The number of anilines is 1. The summed E-state index contributed by atoms with van der Waals surface area (Å²) in [5.41, 5.74) is 0.987. The van der Waals surface area contributed by atoms with Gasteiger partial charge in [-0.2, -0.15) is 0 Å². The number of ether oxygens (including phenoxy) is 1. The van der Waals surface area contributed by atoms with Gasteiger partial charge in [0.2, 0.25) is 5.91 Å². The molecule has 1 amide bonds. The molecule has 0 spiro atoms. The van der Waals surface area contributed by atoms with E-state index in [0.717, 1.165) is 28.7 Å². The number of aromatic nitrogens is 4. The Kier molecular flexibility index (Phi) is 6.60. The monoisotopic (exact) mass is 441 g/mol. The zero-order valence-corrected chi connectivity index (χ0v) is 18.8. The number of thioether (sulfide) groups is 1. The van der Waals surface area contributed by atoms with Crippen molar-refractivity contribution in [2.24, 2.45) is 5.92 Å². The molecule has 1 aliphatic rings. The Labute approximate surface area is 185 Å². The van der Waals surface area contributed by atoms with Gasteiger partial charge in [-0.25, -0.2) is 0 Å². The minimum atomic E-state index is -0.157. The van der Waals surface area contributed by atoms with Gasteiger partial charge in [-0.3, -0.25) is 9.36 Å². The molecule has 1 aromatic carbocycles. The second-order valence-corrected chi connectivity index (χ2v) is 8.84. The van der Waals surface area contributed by atoms with Gasteiger partial charge in [0, 0.05) is 17.7 Å². The number of carbonyl (C=O) groups excluding carboxylic acids is 1. The Morgan fingerprint density at radius 2 is 2.03 bits per heavy atom. The molecule has 0 radical (unpaired) electrons. The molecule has 0 saturated heterocycles. The average molecular weight is 442 g/mol. The van der Waals surface area contributed by atoms with Crippen molar-refractivity contribution >= 4 is 23.5 Å². The number of aryl methyl sites for hydroxylation is 1. The minimum Gasteiger partial charge on any atom is -0.497 e. The highest BCUT2D eigenvalue weighted by atomic mass is 32.2. The summed E-state index contributed by atoms with van der Waals surface area (Å²) >= 11 is 1.39. The van der Waals surface area contributed by atoms with Gasteiger partial charge in [0.25, 0.3) is 0 Å². The summed E-state index contributed by atoms with van der Waals surface area (Å²) in [5, 5.41) is 16.3. The molecular weight excluding hydrogens is 414 g/mol. The van der Waals surface area contributed by atoms with Gasteiger partial charge in [-0.05, 0) is 49.9 Å². The second kappa shape index (κ2) is 9.55. The first kappa shape index (κ1) is 21.4. The fourth-order valence-electron chi connectivity index (χ4n) is 4.03. The van der Waals surface area contributed by atoms with E-state index < -0.39 is 0 Å². The molecule has 2 heterocycles. The molecule has 3 aromatic rings. The maximum atomic E-state index is 12.4. The number of nitrogens with one attached hydrogen (secondary N) is 1. The van der Waals surface area contributed by atoms with Crippen molar-refractivity contribution in [2.75, 3.05) is 18.2 Å². The second-order valence-electron chi connectivity index (χ2n) is 7.89. The molecular formula is C22H27N5O3S. The Morgan fingerprint density at radius 3 is 2.71 bits per heavy atom. The van der Waals surface area contributed by atoms with Crippen LogP contribution < -0.4 is 10.1 Å². The van der Waals surface area contributed by atoms with Crippen LogP contribution in [0.2, 0.25) is 0 Å². The molecule has 0 unspecified atom stereocenters. The molecule has 1 fully saturated rings. The molecule has 164 valence electrons. The van der Waals surface area contributed by atoms with E-state index in [2.05, 4.69) is 32.2 Å². The molecule has 0 aliphatic heterocycles. The summed E-state index contributed by atoms with van der Waals surface area (Å²) in [4.78, 5) is 12.4. The normalized spacial score (nSPS) is 18.7. The van der Waals surface area contributed by atoms with Gasteiger partial charge in [0.1, 0.15) is 11.5 Å². The number of rotatable bonds is 7. The Bertz CT molecular complexity index is 1030. The van der Waals surface area contributed by atoms with Crippen LogP contribution in [0.15, 0.2) is 40.0 Å². The van der Waals surface area contributed by atoms with Crippen LogP contribution in [0, 0.1) is 12.8 Å². The molecule has 1 saturated carbocycles. The highest BCUT2D eigenvalue weighted by Gasteiger charge is 2.29. The van der Waals surface area contributed by atoms with Crippen molar-refractivity contribution in [2.45, 2.75) is 50.7 Å². The average Bonchev–Trinajstić information content (AvgIpc) is 3.38. The molecule has 1 N–H and O–H groups in total. The number of methoxy groups -OCH3 is 1. The predicted molar refractivity (Wildman–Crippen MR) is 119 cm³/mol. The standard InChI is InChI=1S/C22H27N5O3S/c1-14-6-4-5-7-18(14)27-21(16-8-10-17(29-3)11-9-16)24-25-22(27)31-13-20(28)23-19-12-15(2)30-26-19/h8-12,14,18H,4-7,13H2,1-3H3,(H,23,26,28)/t14-,18-/m1/s1. The number of amides is 1. The molecule has 1 aliphatic carbocycles. The zero-order valence-electron chi connectivity index (χ0n) is 18.0. The predicted octanol–water partition coefficient (Wildman–Crippen LogP) is 4.73. The summed E-state index contributed by atoms with van der Waals surface area (Å²) in [6.07, 6.45) is 4.70. The molecule has 8 nitrogen and oxygen atoms in total. The van der Waals surface area contributed by atoms with Crippen molar-refractivity contribution < 1.29 is 14.1 Å². The number of carbonyl (C=O) groups is 1. The molecule has 31 heavy (non-hydrogen) atoms. The van der Waals surface area contributed by atoms with Gasteiger partial charge >= 0.3 is 0 Å². The summed E-state index contributed by atoms with van der Waals surface area (Å²) < 4.78 is 12.5. The Hall–Kier alpha value is -2.81.